The van der Waals surface area contributed by atoms with Gasteiger partial charge in [-0.05, 0) is 54.7 Å². The molecular formula is C20H24N4O. The lowest BCUT2D eigenvalue weighted by molar-refractivity contribution is -0.121. The van der Waals surface area contributed by atoms with Gasteiger partial charge in [0.15, 0.2) is 0 Å². The highest BCUT2D eigenvalue weighted by Gasteiger charge is 2.50. The third-order valence-electron chi connectivity index (χ3n) is 6.06. The maximum Gasteiger partial charge on any atom is 0.260 e. The van der Waals surface area contributed by atoms with Crippen LogP contribution in [0.5, 0.6) is 0 Å². The van der Waals surface area contributed by atoms with Gasteiger partial charge in [-0.2, -0.15) is 5.10 Å². The van der Waals surface area contributed by atoms with Crippen molar-refractivity contribution in [2.24, 2.45) is 22.4 Å². The van der Waals surface area contributed by atoms with Gasteiger partial charge in [-0.15, -0.1) is 0 Å². The molecule has 2 unspecified atom stereocenters. The van der Waals surface area contributed by atoms with Gasteiger partial charge < -0.3 is 4.57 Å². The first kappa shape index (κ1) is 16.1. The summed E-state index contributed by atoms with van der Waals surface area (Å²) in [4.78, 5) is 16.8. The number of hydrogen-bond donors (Lipinski definition) is 1. The van der Waals surface area contributed by atoms with Gasteiger partial charge in [0.05, 0.1) is 17.2 Å². The fraction of sp³-hybridized carbons (Fsp3) is 0.450. The Morgan fingerprint density at radius 2 is 2.24 bits per heavy atom. The predicted molar refractivity (Wildman–Crippen MR) is 99.2 cm³/mol. The van der Waals surface area contributed by atoms with Gasteiger partial charge in [-0.25, -0.2) is 10.4 Å². The van der Waals surface area contributed by atoms with Crippen LogP contribution in [-0.4, -0.2) is 21.7 Å². The number of para-hydroxylation sites is 2. The highest BCUT2D eigenvalue weighted by molar-refractivity contribution is 5.84. The summed E-state index contributed by atoms with van der Waals surface area (Å²) in [6.45, 7) is 6.80. The summed E-state index contributed by atoms with van der Waals surface area (Å²) in [5.41, 5.74) is 6.17. The van der Waals surface area contributed by atoms with Crippen LogP contribution in [0.2, 0.25) is 0 Å². The summed E-state index contributed by atoms with van der Waals surface area (Å²) in [6, 6.07) is 7.85. The molecule has 1 amide bonds. The third-order valence-corrected chi connectivity index (χ3v) is 6.06. The molecule has 130 valence electrons. The number of fused-ring (bicyclic) bond motifs is 2. The number of nitrogens with one attached hydrogen (secondary N) is 1. The average molecular weight is 336 g/mol. The first-order chi connectivity index (χ1) is 12.0. The van der Waals surface area contributed by atoms with Crippen molar-refractivity contribution in [1.29, 1.82) is 0 Å². The van der Waals surface area contributed by atoms with Crippen LogP contribution in [0.3, 0.4) is 0 Å². The first-order valence-corrected chi connectivity index (χ1v) is 8.90. The van der Waals surface area contributed by atoms with Crippen LogP contribution in [0.4, 0.5) is 0 Å². The Hall–Kier alpha value is -2.43. The van der Waals surface area contributed by atoms with Gasteiger partial charge in [0, 0.05) is 0 Å². The minimum Gasteiger partial charge on any atom is -0.319 e. The lowest BCUT2D eigenvalue weighted by Gasteiger charge is -2.55. The standard InChI is InChI=1S/C20H24N4O/c1-13-22-17-6-4-5-7-18(17)24(13)12-19(25)23-21-11-14-8-9-15-10-16(14)20(15,2)3/h4-8,11,15-16H,9-10,12H2,1-3H3,(H,23,25). The van der Waals surface area contributed by atoms with E-state index < -0.39 is 0 Å². The molecule has 1 aromatic carbocycles. The lowest BCUT2D eigenvalue weighted by atomic mass is 9.49. The SMILES string of the molecule is Cc1nc2ccccc2n1CC(=O)NN=CC1=CCC2CC1C2(C)C. The molecule has 25 heavy (non-hydrogen) atoms. The number of allylic oxidation sites excluding steroid dienone is 2. The normalized spacial score (nSPS) is 24.2. The fourth-order valence-electron chi connectivity index (χ4n) is 4.30. The van der Waals surface area contributed by atoms with Gasteiger partial charge in [0.2, 0.25) is 0 Å². The summed E-state index contributed by atoms with van der Waals surface area (Å²) in [7, 11) is 0. The van der Waals surface area contributed by atoms with Gasteiger partial charge in [0.25, 0.3) is 5.91 Å². The highest BCUT2D eigenvalue weighted by Crippen LogP contribution is 2.58. The van der Waals surface area contributed by atoms with Crippen molar-refractivity contribution in [3.63, 3.8) is 0 Å². The maximum absolute atomic E-state index is 12.3. The average Bonchev–Trinajstić information content (AvgIpc) is 2.90. The molecule has 1 aromatic heterocycles. The number of carbonyl (C=O) groups excluding carboxylic acids is 1. The summed E-state index contributed by atoms with van der Waals surface area (Å²) in [5.74, 6) is 2.08. The number of rotatable bonds is 4. The zero-order chi connectivity index (χ0) is 17.6. The van der Waals surface area contributed by atoms with Crippen LogP contribution in [0.1, 0.15) is 32.5 Å². The van der Waals surface area contributed by atoms with Gasteiger partial charge in [-0.3, -0.25) is 4.79 Å². The van der Waals surface area contributed by atoms with Crippen LogP contribution >= 0.6 is 0 Å². The number of imidazole rings is 1. The second kappa shape index (κ2) is 5.83. The zero-order valence-corrected chi connectivity index (χ0v) is 15.0. The van der Waals surface area contributed by atoms with Crippen molar-refractivity contribution in [3.05, 3.63) is 41.7 Å². The first-order valence-electron chi connectivity index (χ1n) is 8.90. The molecule has 0 spiro atoms. The van der Waals surface area contributed by atoms with E-state index in [1.165, 1.54) is 12.0 Å². The summed E-state index contributed by atoms with van der Waals surface area (Å²) in [5, 5.41) is 4.20. The molecule has 2 atom stereocenters. The van der Waals surface area contributed by atoms with E-state index in [0.29, 0.717) is 11.3 Å². The molecule has 2 aromatic rings. The molecule has 5 rings (SSSR count). The van der Waals surface area contributed by atoms with E-state index in [4.69, 9.17) is 0 Å². The molecule has 3 aliphatic rings. The van der Waals surface area contributed by atoms with Crippen molar-refractivity contribution < 1.29 is 4.79 Å². The number of benzene rings is 1. The van der Waals surface area contributed by atoms with Crippen molar-refractivity contribution in [3.8, 4) is 0 Å². The summed E-state index contributed by atoms with van der Waals surface area (Å²) < 4.78 is 1.92. The lowest BCUT2D eigenvalue weighted by Crippen LogP contribution is -2.48. The molecule has 0 aliphatic heterocycles. The highest BCUT2D eigenvalue weighted by atomic mass is 16.2. The number of amides is 1. The quantitative estimate of drug-likeness (QED) is 0.687. The topological polar surface area (TPSA) is 59.3 Å². The minimum absolute atomic E-state index is 0.135. The molecule has 1 N–H and O–H groups in total. The van der Waals surface area contributed by atoms with Crippen molar-refractivity contribution in [2.45, 2.75) is 40.2 Å². The molecule has 2 bridgehead atoms. The Bertz CT molecular complexity index is 890. The van der Waals surface area contributed by atoms with Crippen molar-refractivity contribution in [1.82, 2.24) is 15.0 Å². The molecule has 0 saturated heterocycles. The van der Waals surface area contributed by atoms with E-state index in [-0.39, 0.29) is 12.5 Å². The molecular weight excluding hydrogens is 312 g/mol. The molecule has 1 heterocycles. The second-order valence-electron chi connectivity index (χ2n) is 7.77. The molecule has 1 saturated carbocycles. The Morgan fingerprint density at radius 3 is 3.00 bits per heavy atom. The number of nitrogens with zero attached hydrogens (tertiary/aromatic N) is 3. The summed E-state index contributed by atoms with van der Waals surface area (Å²) in [6.07, 6.45) is 6.48. The Balaban J connectivity index is 1.41. The third kappa shape index (κ3) is 2.68. The van der Waals surface area contributed by atoms with Crippen LogP contribution in [0.15, 0.2) is 41.0 Å². The van der Waals surface area contributed by atoms with E-state index in [1.54, 1.807) is 0 Å². The van der Waals surface area contributed by atoms with Gasteiger partial charge in [-0.1, -0.05) is 32.1 Å². The number of carbonyl (C=O) groups is 1. The molecule has 5 nitrogen and oxygen atoms in total. The Kier molecular flexibility index (Phi) is 3.74. The number of aryl methyl sites for hydroxylation is 1. The smallest absolute Gasteiger partial charge is 0.260 e. The Morgan fingerprint density at radius 1 is 1.44 bits per heavy atom. The molecule has 5 heteroatoms. The van der Waals surface area contributed by atoms with Crippen LogP contribution in [-0.2, 0) is 11.3 Å². The van der Waals surface area contributed by atoms with E-state index in [2.05, 4.69) is 35.4 Å². The van der Waals surface area contributed by atoms with Crippen LogP contribution in [0, 0.1) is 24.2 Å². The predicted octanol–water partition coefficient (Wildman–Crippen LogP) is 3.44. The minimum atomic E-state index is -0.135. The van der Waals surface area contributed by atoms with Gasteiger partial charge in [0.1, 0.15) is 12.4 Å². The summed E-state index contributed by atoms with van der Waals surface area (Å²) >= 11 is 0. The van der Waals surface area contributed by atoms with E-state index in [0.717, 1.165) is 29.2 Å². The fourth-order valence-corrected chi connectivity index (χ4v) is 4.30. The zero-order valence-electron chi connectivity index (χ0n) is 15.0. The Labute approximate surface area is 147 Å². The number of aromatic nitrogens is 2. The monoisotopic (exact) mass is 336 g/mol. The maximum atomic E-state index is 12.3. The van der Waals surface area contributed by atoms with Crippen LogP contribution in [0.25, 0.3) is 11.0 Å². The number of hydrazone groups is 1. The van der Waals surface area contributed by atoms with E-state index >= 15 is 0 Å². The second-order valence-corrected chi connectivity index (χ2v) is 7.77. The van der Waals surface area contributed by atoms with E-state index in [1.807, 2.05) is 42.0 Å². The van der Waals surface area contributed by atoms with Crippen molar-refractivity contribution in [2.75, 3.05) is 0 Å². The van der Waals surface area contributed by atoms with Crippen LogP contribution < -0.4 is 5.43 Å². The molecule has 0 radical (unpaired) electrons. The molecule has 3 aliphatic carbocycles. The van der Waals surface area contributed by atoms with E-state index in [9.17, 15) is 4.79 Å². The van der Waals surface area contributed by atoms with Gasteiger partial charge >= 0.3 is 0 Å². The number of hydrogen-bond acceptors (Lipinski definition) is 3. The largest absolute Gasteiger partial charge is 0.319 e. The molecule has 1 fully saturated rings. The van der Waals surface area contributed by atoms with Crippen molar-refractivity contribution >= 4 is 23.2 Å².